The molecule has 1 heterocycles. The standard InChI is InChI=1S/C10H13F3N2.ClH/c1-3-14-7(2)9-5-4-8(6-15-9)10(11,12)13;/h4-7,14H,3H2,1-2H3;1H/t7-;/m0./s1. The van der Waals surface area contributed by atoms with E-state index in [1.165, 1.54) is 6.07 Å². The average molecular weight is 255 g/mol. The predicted octanol–water partition coefficient (Wildman–Crippen LogP) is 3.19. The van der Waals surface area contributed by atoms with Crippen LogP contribution in [0.4, 0.5) is 13.2 Å². The van der Waals surface area contributed by atoms with Gasteiger partial charge in [-0.15, -0.1) is 12.4 Å². The number of alkyl halides is 3. The molecule has 6 heteroatoms. The molecule has 16 heavy (non-hydrogen) atoms. The third-order valence-electron chi connectivity index (χ3n) is 2.07. The van der Waals surface area contributed by atoms with E-state index in [4.69, 9.17) is 0 Å². The van der Waals surface area contributed by atoms with E-state index in [0.29, 0.717) is 5.69 Å². The van der Waals surface area contributed by atoms with E-state index >= 15 is 0 Å². The fraction of sp³-hybridized carbons (Fsp3) is 0.500. The van der Waals surface area contributed by atoms with Crippen LogP contribution in [0.3, 0.4) is 0 Å². The van der Waals surface area contributed by atoms with Gasteiger partial charge >= 0.3 is 6.18 Å². The Morgan fingerprint density at radius 2 is 2.00 bits per heavy atom. The molecule has 1 atom stereocenters. The third kappa shape index (κ3) is 3.98. The lowest BCUT2D eigenvalue weighted by Gasteiger charge is -2.12. The minimum atomic E-state index is -4.31. The molecule has 0 aliphatic rings. The van der Waals surface area contributed by atoms with Crippen molar-refractivity contribution in [3.05, 3.63) is 29.6 Å². The van der Waals surface area contributed by atoms with E-state index in [1.54, 1.807) is 0 Å². The first-order valence-electron chi connectivity index (χ1n) is 4.71. The van der Waals surface area contributed by atoms with Crippen LogP contribution in [-0.4, -0.2) is 11.5 Å². The quantitative estimate of drug-likeness (QED) is 0.896. The van der Waals surface area contributed by atoms with Gasteiger partial charge in [0.15, 0.2) is 0 Å². The highest BCUT2D eigenvalue weighted by Gasteiger charge is 2.30. The first kappa shape index (κ1) is 15.2. The van der Waals surface area contributed by atoms with Gasteiger partial charge in [-0.2, -0.15) is 13.2 Å². The monoisotopic (exact) mass is 254 g/mol. The highest BCUT2D eigenvalue weighted by molar-refractivity contribution is 5.85. The molecule has 0 saturated carbocycles. The lowest BCUT2D eigenvalue weighted by molar-refractivity contribution is -0.137. The van der Waals surface area contributed by atoms with Gasteiger partial charge in [-0.3, -0.25) is 4.98 Å². The lowest BCUT2D eigenvalue weighted by atomic mass is 10.2. The number of hydrogen-bond donors (Lipinski definition) is 1. The van der Waals surface area contributed by atoms with Crippen LogP contribution < -0.4 is 5.32 Å². The number of nitrogens with zero attached hydrogens (tertiary/aromatic N) is 1. The smallest absolute Gasteiger partial charge is 0.309 e. The molecule has 0 aliphatic heterocycles. The molecule has 0 aromatic carbocycles. The van der Waals surface area contributed by atoms with E-state index in [0.717, 1.165) is 18.8 Å². The molecule has 1 rings (SSSR count). The van der Waals surface area contributed by atoms with Gasteiger partial charge < -0.3 is 5.32 Å². The van der Waals surface area contributed by atoms with Crippen LogP contribution in [0.25, 0.3) is 0 Å². The second-order valence-corrected chi connectivity index (χ2v) is 3.25. The average Bonchev–Trinajstić information content (AvgIpc) is 2.17. The number of halogens is 4. The lowest BCUT2D eigenvalue weighted by Crippen LogP contribution is -2.19. The number of hydrogen-bond acceptors (Lipinski definition) is 2. The summed E-state index contributed by atoms with van der Waals surface area (Å²) < 4.78 is 36.6. The van der Waals surface area contributed by atoms with Crippen molar-refractivity contribution >= 4 is 12.4 Å². The van der Waals surface area contributed by atoms with Crippen molar-refractivity contribution < 1.29 is 13.2 Å². The highest BCUT2D eigenvalue weighted by atomic mass is 35.5. The van der Waals surface area contributed by atoms with Crippen LogP contribution in [0.2, 0.25) is 0 Å². The molecule has 0 unspecified atom stereocenters. The molecule has 0 saturated heterocycles. The highest BCUT2D eigenvalue weighted by Crippen LogP contribution is 2.28. The minimum Gasteiger partial charge on any atom is -0.309 e. The molecule has 1 N–H and O–H groups in total. The van der Waals surface area contributed by atoms with Gasteiger partial charge in [-0.05, 0) is 25.6 Å². The van der Waals surface area contributed by atoms with Crippen molar-refractivity contribution in [2.45, 2.75) is 26.1 Å². The van der Waals surface area contributed by atoms with Crippen molar-refractivity contribution in [2.24, 2.45) is 0 Å². The maximum atomic E-state index is 12.2. The molecule has 0 spiro atoms. The molecule has 2 nitrogen and oxygen atoms in total. The van der Waals surface area contributed by atoms with E-state index in [2.05, 4.69) is 10.3 Å². The van der Waals surface area contributed by atoms with E-state index in [-0.39, 0.29) is 18.4 Å². The Labute approximate surface area is 98.7 Å². The molecular formula is C10H14ClF3N2. The first-order valence-corrected chi connectivity index (χ1v) is 4.71. The molecule has 1 aromatic heterocycles. The molecule has 0 radical (unpaired) electrons. The Balaban J connectivity index is 0.00000225. The van der Waals surface area contributed by atoms with Crippen molar-refractivity contribution in [3.63, 3.8) is 0 Å². The topological polar surface area (TPSA) is 24.9 Å². The second kappa shape index (κ2) is 6.06. The number of pyridine rings is 1. The van der Waals surface area contributed by atoms with Gasteiger partial charge in [-0.1, -0.05) is 6.92 Å². The Morgan fingerprint density at radius 3 is 2.38 bits per heavy atom. The summed E-state index contributed by atoms with van der Waals surface area (Å²) in [7, 11) is 0. The van der Waals surface area contributed by atoms with Gasteiger partial charge in [0.2, 0.25) is 0 Å². The van der Waals surface area contributed by atoms with E-state index in [1.807, 2.05) is 13.8 Å². The molecular weight excluding hydrogens is 241 g/mol. The van der Waals surface area contributed by atoms with Gasteiger partial charge in [-0.25, -0.2) is 0 Å². The number of rotatable bonds is 3. The fourth-order valence-electron chi connectivity index (χ4n) is 1.24. The van der Waals surface area contributed by atoms with Crippen LogP contribution in [0.1, 0.15) is 31.1 Å². The van der Waals surface area contributed by atoms with E-state index < -0.39 is 11.7 Å². The molecule has 0 amide bonds. The maximum absolute atomic E-state index is 12.2. The van der Waals surface area contributed by atoms with Crippen LogP contribution in [-0.2, 0) is 6.18 Å². The zero-order valence-corrected chi connectivity index (χ0v) is 9.82. The van der Waals surface area contributed by atoms with Crippen LogP contribution in [0.5, 0.6) is 0 Å². The van der Waals surface area contributed by atoms with E-state index in [9.17, 15) is 13.2 Å². The SMILES string of the molecule is CCN[C@@H](C)c1ccc(C(F)(F)F)cn1.Cl. The normalized spacial score (nSPS) is 13.1. The van der Waals surface area contributed by atoms with Crippen molar-refractivity contribution in [3.8, 4) is 0 Å². The summed E-state index contributed by atoms with van der Waals surface area (Å²) in [6.45, 7) is 4.55. The van der Waals surface area contributed by atoms with Crippen LogP contribution in [0.15, 0.2) is 18.3 Å². The van der Waals surface area contributed by atoms with Crippen molar-refractivity contribution in [1.29, 1.82) is 0 Å². The summed E-state index contributed by atoms with van der Waals surface area (Å²) in [6.07, 6.45) is -3.45. The Hall–Kier alpha value is -0.810. The van der Waals surface area contributed by atoms with Gasteiger partial charge in [0.05, 0.1) is 11.3 Å². The third-order valence-corrected chi connectivity index (χ3v) is 2.07. The fourth-order valence-corrected chi connectivity index (χ4v) is 1.24. The Bertz CT molecular complexity index is 311. The summed E-state index contributed by atoms with van der Waals surface area (Å²) >= 11 is 0. The molecule has 0 aliphatic carbocycles. The summed E-state index contributed by atoms with van der Waals surface area (Å²) in [6, 6.07) is 2.42. The number of aromatic nitrogens is 1. The Kier molecular flexibility index (Phi) is 5.75. The van der Waals surface area contributed by atoms with Gasteiger partial charge in [0.25, 0.3) is 0 Å². The molecule has 0 fully saturated rings. The Morgan fingerprint density at radius 1 is 1.38 bits per heavy atom. The second-order valence-electron chi connectivity index (χ2n) is 3.25. The zero-order chi connectivity index (χ0) is 11.5. The predicted molar refractivity (Wildman–Crippen MR) is 58.6 cm³/mol. The summed E-state index contributed by atoms with van der Waals surface area (Å²) in [5, 5.41) is 3.08. The van der Waals surface area contributed by atoms with Crippen molar-refractivity contribution in [2.75, 3.05) is 6.54 Å². The zero-order valence-electron chi connectivity index (χ0n) is 9.01. The van der Waals surface area contributed by atoms with Crippen molar-refractivity contribution in [1.82, 2.24) is 10.3 Å². The largest absolute Gasteiger partial charge is 0.417 e. The summed E-state index contributed by atoms with van der Waals surface area (Å²) in [5.74, 6) is 0. The van der Waals surface area contributed by atoms with Gasteiger partial charge in [0, 0.05) is 12.2 Å². The summed E-state index contributed by atoms with van der Waals surface area (Å²) in [4.78, 5) is 3.78. The molecule has 1 aromatic rings. The minimum absolute atomic E-state index is 0. The van der Waals surface area contributed by atoms with Crippen LogP contribution >= 0.6 is 12.4 Å². The van der Waals surface area contributed by atoms with Gasteiger partial charge in [0.1, 0.15) is 0 Å². The molecule has 0 bridgehead atoms. The number of nitrogens with one attached hydrogen (secondary N) is 1. The first-order chi connectivity index (χ1) is 6.95. The molecule has 92 valence electrons. The van der Waals surface area contributed by atoms with Crippen LogP contribution in [0, 0.1) is 0 Å². The summed E-state index contributed by atoms with van der Waals surface area (Å²) in [5.41, 5.74) is -0.0974. The maximum Gasteiger partial charge on any atom is 0.417 e.